The summed E-state index contributed by atoms with van der Waals surface area (Å²) in [5.41, 5.74) is 4.70. The van der Waals surface area contributed by atoms with E-state index < -0.39 is 0 Å². The van der Waals surface area contributed by atoms with Crippen LogP contribution in [0.15, 0.2) is 60.0 Å². The first-order valence-electron chi connectivity index (χ1n) is 5.57. The molecular formula is C14H13N3O. The third kappa shape index (κ3) is 3.01. The van der Waals surface area contributed by atoms with Gasteiger partial charge < -0.3 is 0 Å². The molecule has 0 unspecified atom stereocenters. The Morgan fingerprint density at radius 1 is 1.11 bits per heavy atom. The van der Waals surface area contributed by atoms with E-state index in [4.69, 9.17) is 0 Å². The van der Waals surface area contributed by atoms with E-state index in [-0.39, 0.29) is 5.91 Å². The third-order valence-electron chi connectivity index (χ3n) is 2.44. The van der Waals surface area contributed by atoms with Gasteiger partial charge in [0.1, 0.15) is 0 Å². The van der Waals surface area contributed by atoms with Gasteiger partial charge in [-0.2, -0.15) is 5.10 Å². The molecule has 4 nitrogen and oxygen atoms in total. The van der Waals surface area contributed by atoms with Crippen LogP contribution in [0.2, 0.25) is 0 Å². The van der Waals surface area contributed by atoms with Gasteiger partial charge in [0.05, 0.1) is 5.71 Å². The van der Waals surface area contributed by atoms with Crippen molar-refractivity contribution in [2.45, 2.75) is 6.92 Å². The van der Waals surface area contributed by atoms with Crippen molar-refractivity contribution in [3.8, 4) is 0 Å². The fourth-order valence-corrected chi connectivity index (χ4v) is 1.43. The standard InChI is InChI=1S/C14H13N3O/c1-11(13-8-5-9-15-10-13)16-17-14(18)12-6-3-2-4-7-12/h2-10H,1H3,(H,17,18). The summed E-state index contributed by atoms with van der Waals surface area (Å²) in [6, 6.07) is 12.7. The maximum absolute atomic E-state index is 11.7. The molecule has 4 heteroatoms. The van der Waals surface area contributed by atoms with Crippen molar-refractivity contribution >= 4 is 11.6 Å². The molecule has 0 fully saturated rings. The first-order valence-corrected chi connectivity index (χ1v) is 5.57. The fraction of sp³-hybridized carbons (Fsp3) is 0.0714. The highest BCUT2D eigenvalue weighted by Crippen LogP contribution is 2.00. The number of nitrogens with zero attached hydrogens (tertiary/aromatic N) is 2. The highest BCUT2D eigenvalue weighted by molar-refractivity contribution is 6.00. The summed E-state index contributed by atoms with van der Waals surface area (Å²) in [7, 11) is 0. The van der Waals surface area contributed by atoms with Crippen LogP contribution in [-0.2, 0) is 0 Å². The lowest BCUT2D eigenvalue weighted by atomic mass is 10.2. The molecule has 1 aromatic heterocycles. The van der Waals surface area contributed by atoms with Crippen molar-refractivity contribution in [1.29, 1.82) is 0 Å². The number of aromatic nitrogens is 1. The Morgan fingerprint density at radius 2 is 1.83 bits per heavy atom. The summed E-state index contributed by atoms with van der Waals surface area (Å²) in [5.74, 6) is -0.223. The molecule has 0 radical (unpaired) electrons. The van der Waals surface area contributed by atoms with Crippen molar-refractivity contribution in [1.82, 2.24) is 10.4 Å². The van der Waals surface area contributed by atoms with Gasteiger partial charge >= 0.3 is 0 Å². The Labute approximate surface area is 105 Å². The maximum Gasteiger partial charge on any atom is 0.271 e. The van der Waals surface area contributed by atoms with E-state index in [2.05, 4.69) is 15.5 Å². The van der Waals surface area contributed by atoms with E-state index in [0.29, 0.717) is 11.3 Å². The Kier molecular flexibility index (Phi) is 3.81. The number of amides is 1. The first kappa shape index (κ1) is 12.0. The molecule has 1 N–H and O–H groups in total. The van der Waals surface area contributed by atoms with Gasteiger partial charge in [-0.15, -0.1) is 0 Å². The second kappa shape index (κ2) is 5.72. The molecule has 90 valence electrons. The Balaban J connectivity index is 2.05. The minimum Gasteiger partial charge on any atom is -0.267 e. The molecule has 0 aliphatic heterocycles. The van der Waals surface area contributed by atoms with Gasteiger partial charge in [0, 0.05) is 23.5 Å². The average Bonchev–Trinajstić information content (AvgIpc) is 2.46. The number of carbonyl (C=O) groups excluding carboxylic acids is 1. The second-order valence-corrected chi connectivity index (χ2v) is 3.75. The van der Waals surface area contributed by atoms with Gasteiger partial charge in [0.2, 0.25) is 0 Å². The van der Waals surface area contributed by atoms with Gasteiger partial charge in [0.15, 0.2) is 0 Å². The van der Waals surface area contributed by atoms with Gasteiger partial charge in [0.25, 0.3) is 5.91 Å². The zero-order valence-electron chi connectivity index (χ0n) is 10.00. The number of nitrogens with one attached hydrogen (secondary N) is 1. The van der Waals surface area contributed by atoms with Crippen molar-refractivity contribution in [3.63, 3.8) is 0 Å². The fourth-order valence-electron chi connectivity index (χ4n) is 1.43. The van der Waals surface area contributed by atoms with Crippen LogP contribution < -0.4 is 5.43 Å². The molecule has 0 saturated carbocycles. The van der Waals surface area contributed by atoms with Crippen LogP contribution in [0.1, 0.15) is 22.8 Å². The minimum absolute atomic E-state index is 0.223. The van der Waals surface area contributed by atoms with Crippen molar-refractivity contribution in [2.24, 2.45) is 5.10 Å². The highest BCUT2D eigenvalue weighted by Gasteiger charge is 2.03. The van der Waals surface area contributed by atoms with E-state index in [1.54, 1.807) is 24.5 Å². The molecule has 0 bridgehead atoms. The molecule has 1 heterocycles. The summed E-state index contributed by atoms with van der Waals surface area (Å²) in [6.07, 6.45) is 3.40. The van der Waals surface area contributed by atoms with Crippen molar-refractivity contribution in [3.05, 3.63) is 66.0 Å². The zero-order chi connectivity index (χ0) is 12.8. The molecule has 0 aliphatic carbocycles. The molecule has 0 atom stereocenters. The minimum atomic E-state index is -0.223. The van der Waals surface area contributed by atoms with Crippen molar-refractivity contribution < 1.29 is 4.79 Å². The zero-order valence-corrected chi connectivity index (χ0v) is 10.00. The monoisotopic (exact) mass is 239 g/mol. The summed E-state index contributed by atoms with van der Waals surface area (Å²) in [6.45, 7) is 1.82. The topological polar surface area (TPSA) is 54.4 Å². The summed E-state index contributed by atoms with van der Waals surface area (Å²) in [4.78, 5) is 15.7. The second-order valence-electron chi connectivity index (χ2n) is 3.75. The van der Waals surface area contributed by atoms with Crippen LogP contribution in [0.4, 0.5) is 0 Å². The molecule has 18 heavy (non-hydrogen) atoms. The van der Waals surface area contributed by atoms with Crippen LogP contribution in [-0.4, -0.2) is 16.6 Å². The Hall–Kier alpha value is -2.49. The lowest BCUT2D eigenvalue weighted by Gasteiger charge is -2.02. The predicted molar refractivity (Wildman–Crippen MR) is 70.4 cm³/mol. The number of hydrogen-bond acceptors (Lipinski definition) is 3. The van der Waals surface area contributed by atoms with E-state index in [1.165, 1.54) is 0 Å². The molecule has 0 aliphatic rings. The van der Waals surface area contributed by atoms with Crippen LogP contribution in [0.5, 0.6) is 0 Å². The number of hydrazone groups is 1. The van der Waals surface area contributed by atoms with Gasteiger partial charge in [-0.25, -0.2) is 5.43 Å². The summed E-state index contributed by atoms with van der Waals surface area (Å²) >= 11 is 0. The lowest BCUT2D eigenvalue weighted by molar-refractivity contribution is 0.0955. The third-order valence-corrected chi connectivity index (χ3v) is 2.44. The average molecular weight is 239 g/mol. The number of carbonyl (C=O) groups is 1. The molecule has 2 aromatic rings. The van der Waals surface area contributed by atoms with E-state index in [0.717, 1.165) is 5.56 Å². The maximum atomic E-state index is 11.7. The number of rotatable bonds is 3. The highest BCUT2D eigenvalue weighted by atomic mass is 16.2. The van der Waals surface area contributed by atoms with E-state index in [1.807, 2.05) is 37.3 Å². The van der Waals surface area contributed by atoms with Crippen molar-refractivity contribution in [2.75, 3.05) is 0 Å². The summed E-state index contributed by atoms with van der Waals surface area (Å²) in [5, 5.41) is 4.05. The van der Waals surface area contributed by atoms with Crippen LogP contribution in [0.25, 0.3) is 0 Å². The smallest absolute Gasteiger partial charge is 0.267 e. The number of benzene rings is 1. The molecule has 1 amide bonds. The Bertz CT molecular complexity index is 550. The molecule has 0 saturated heterocycles. The van der Waals surface area contributed by atoms with Crippen LogP contribution in [0, 0.1) is 0 Å². The largest absolute Gasteiger partial charge is 0.271 e. The SMILES string of the molecule is CC(=NNC(=O)c1ccccc1)c1cccnc1. The first-order chi connectivity index (χ1) is 8.77. The van der Waals surface area contributed by atoms with Gasteiger partial charge in [-0.3, -0.25) is 9.78 Å². The van der Waals surface area contributed by atoms with Crippen LogP contribution >= 0.6 is 0 Å². The summed E-state index contributed by atoms with van der Waals surface area (Å²) < 4.78 is 0. The van der Waals surface area contributed by atoms with Gasteiger partial charge in [-0.1, -0.05) is 24.3 Å². The molecule has 1 aromatic carbocycles. The van der Waals surface area contributed by atoms with Crippen LogP contribution in [0.3, 0.4) is 0 Å². The predicted octanol–water partition coefficient (Wildman–Crippen LogP) is 2.24. The Morgan fingerprint density at radius 3 is 2.50 bits per heavy atom. The normalized spacial score (nSPS) is 11.1. The molecule has 0 spiro atoms. The van der Waals surface area contributed by atoms with E-state index >= 15 is 0 Å². The lowest BCUT2D eigenvalue weighted by Crippen LogP contribution is -2.19. The molecular weight excluding hydrogens is 226 g/mol. The quantitative estimate of drug-likeness (QED) is 0.659. The number of hydrogen-bond donors (Lipinski definition) is 1. The van der Waals surface area contributed by atoms with E-state index in [9.17, 15) is 4.79 Å². The van der Waals surface area contributed by atoms with Gasteiger partial charge in [-0.05, 0) is 25.1 Å². The number of pyridine rings is 1. The molecule has 2 rings (SSSR count).